The van der Waals surface area contributed by atoms with Crippen molar-refractivity contribution in [2.24, 2.45) is 0 Å². The topological polar surface area (TPSA) is 86.0 Å². The van der Waals surface area contributed by atoms with Crippen molar-refractivity contribution < 1.29 is 9.59 Å². The van der Waals surface area contributed by atoms with E-state index in [1.807, 2.05) is 60.8 Å². The number of hydrogen-bond acceptors (Lipinski definition) is 3. The van der Waals surface area contributed by atoms with Gasteiger partial charge in [0, 0.05) is 49.2 Å². The molecule has 0 aliphatic rings. The Morgan fingerprint density at radius 2 is 1.74 bits per heavy atom. The molecule has 6 nitrogen and oxygen atoms in total. The van der Waals surface area contributed by atoms with Crippen molar-refractivity contribution in [2.75, 3.05) is 18.4 Å². The number of benzene rings is 2. The maximum Gasteiger partial charge on any atom is 0.242 e. The van der Waals surface area contributed by atoms with Crippen LogP contribution in [0.15, 0.2) is 60.8 Å². The second-order valence-corrected chi connectivity index (χ2v) is 6.40. The number of aromatic amines is 1. The zero-order valence-corrected chi connectivity index (χ0v) is 15.3. The van der Waals surface area contributed by atoms with Gasteiger partial charge in [0.1, 0.15) is 6.04 Å². The molecule has 3 rings (SSSR count). The lowest BCUT2D eigenvalue weighted by Gasteiger charge is -2.17. The van der Waals surface area contributed by atoms with E-state index in [0.717, 1.165) is 22.2 Å². The molecule has 1 atom stereocenters. The van der Waals surface area contributed by atoms with Crippen molar-refractivity contribution in [3.63, 3.8) is 0 Å². The van der Waals surface area contributed by atoms with Gasteiger partial charge in [0.05, 0.1) is 0 Å². The molecule has 0 radical (unpaired) electrons. The fourth-order valence-corrected chi connectivity index (χ4v) is 3.05. The van der Waals surface area contributed by atoms with Crippen LogP contribution in [0.2, 0.25) is 0 Å². The summed E-state index contributed by atoms with van der Waals surface area (Å²) in [6.07, 6.45) is 2.32. The van der Waals surface area contributed by atoms with Gasteiger partial charge in [-0.05, 0) is 23.8 Å². The van der Waals surface area contributed by atoms with Crippen LogP contribution in [-0.4, -0.2) is 35.9 Å². The SMILES string of the molecule is CC(=O)NC(Cc1c[nH]c2ccccc12)C(=O)NCCNc1ccccc1. The number of rotatable bonds is 8. The molecule has 0 fully saturated rings. The first-order valence-corrected chi connectivity index (χ1v) is 9.02. The Labute approximate surface area is 158 Å². The Morgan fingerprint density at radius 3 is 2.52 bits per heavy atom. The quantitative estimate of drug-likeness (QED) is 0.463. The van der Waals surface area contributed by atoms with Crippen molar-refractivity contribution >= 4 is 28.4 Å². The second-order valence-electron chi connectivity index (χ2n) is 6.40. The average molecular weight is 364 g/mol. The number of carbonyl (C=O) groups excluding carboxylic acids is 2. The molecule has 0 aliphatic carbocycles. The van der Waals surface area contributed by atoms with Crippen LogP contribution in [0, 0.1) is 0 Å². The summed E-state index contributed by atoms with van der Waals surface area (Å²) in [6, 6.07) is 17.1. The van der Waals surface area contributed by atoms with Crippen LogP contribution < -0.4 is 16.0 Å². The number of aromatic nitrogens is 1. The number of fused-ring (bicyclic) bond motifs is 1. The summed E-state index contributed by atoms with van der Waals surface area (Å²) < 4.78 is 0. The smallest absolute Gasteiger partial charge is 0.242 e. The minimum absolute atomic E-state index is 0.189. The molecular weight excluding hydrogens is 340 g/mol. The largest absolute Gasteiger partial charge is 0.383 e. The first-order valence-electron chi connectivity index (χ1n) is 9.02. The zero-order chi connectivity index (χ0) is 19.1. The van der Waals surface area contributed by atoms with Crippen LogP contribution in [0.3, 0.4) is 0 Å². The first-order chi connectivity index (χ1) is 13.1. The standard InChI is InChI=1S/C21H24N4O2/c1-15(26)25-20(13-16-14-24-19-10-6-5-9-18(16)19)21(27)23-12-11-22-17-7-3-2-4-8-17/h2-10,14,20,22,24H,11-13H2,1H3,(H,23,27)(H,25,26). The zero-order valence-electron chi connectivity index (χ0n) is 15.3. The summed E-state index contributed by atoms with van der Waals surface area (Å²) in [5.74, 6) is -0.414. The monoisotopic (exact) mass is 364 g/mol. The highest BCUT2D eigenvalue weighted by atomic mass is 16.2. The van der Waals surface area contributed by atoms with E-state index in [0.29, 0.717) is 19.5 Å². The lowest BCUT2D eigenvalue weighted by Crippen LogP contribution is -2.48. The summed E-state index contributed by atoms with van der Waals surface area (Å²) in [7, 11) is 0. The first kappa shape index (κ1) is 18.5. The molecule has 2 amide bonds. The molecule has 140 valence electrons. The third kappa shape index (κ3) is 5.10. The Hall–Kier alpha value is -3.28. The van der Waals surface area contributed by atoms with Crippen molar-refractivity contribution in [3.05, 3.63) is 66.4 Å². The fraction of sp³-hybridized carbons (Fsp3) is 0.238. The van der Waals surface area contributed by atoms with E-state index in [2.05, 4.69) is 20.9 Å². The highest BCUT2D eigenvalue weighted by Crippen LogP contribution is 2.19. The third-order valence-electron chi connectivity index (χ3n) is 4.32. The summed E-state index contributed by atoms with van der Waals surface area (Å²) in [5, 5.41) is 9.95. The van der Waals surface area contributed by atoms with Crippen molar-refractivity contribution in [2.45, 2.75) is 19.4 Å². The van der Waals surface area contributed by atoms with Crippen LogP contribution >= 0.6 is 0 Å². The molecule has 0 spiro atoms. The third-order valence-corrected chi connectivity index (χ3v) is 4.32. The summed E-state index contributed by atoms with van der Waals surface area (Å²) in [4.78, 5) is 27.3. The molecule has 3 aromatic rings. The van der Waals surface area contributed by atoms with Crippen LogP contribution in [0.25, 0.3) is 10.9 Å². The van der Waals surface area contributed by atoms with Crippen LogP contribution in [0.5, 0.6) is 0 Å². The van der Waals surface area contributed by atoms with E-state index in [4.69, 9.17) is 0 Å². The van der Waals surface area contributed by atoms with Gasteiger partial charge in [-0.2, -0.15) is 0 Å². The Balaban J connectivity index is 1.58. The van der Waals surface area contributed by atoms with Gasteiger partial charge in [-0.15, -0.1) is 0 Å². The molecule has 0 saturated carbocycles. The summed E-state index contributed by atoms with van der Waals surface area (Å²) in [6.45, 7) is 2.50. The maximum atomic E-state index is 12.6. The van der Waals surface area contributed by atoms with Gasteiger partial charge in [0.2, 0.25) is 11.8 Å². The molecule has 6 heteroatoms. The molecule has 0 bridgehead atoms. The lowest BCUT2D eigenvalue weighted by molar-refractivity contribution is -0.128. The molecule has 2 aromatic carbocycles. The Morgan fingerprint density at radius 1 is 1.00 bits per heavy atom. The van der Waals surface area contributed by atoms with Crippen molar-refractivity contribution in [1.29, 1.82) is 0 Å². The number of anilines is 1. The number of carbonyl (C=O) groups is 2. The van der Waals surface area contributed by atoms with Crippen LogP contribution in [0.4, 0.5) is 5.69 Å². The highest BCUT2D eigenvalue weighted by molar-refractivity contribution is 5.89. The Kier molecular flexibility index (Phi) is 6.10. The van der Waals surface area contributed by atoms with Gasteiger partial charge in [-0.1, -0.05) is 36.4 Å². The predicted molar refractivity (Wildman–Crippen MR) is 108 cm³/mol. The van der Waals surface area contributed by atoms with E-state index in [1.165, 1.54) is 6.92 Å². The number of nitrogens with one attached hydrogen (secondary N) is 4. The van der Waals surface area contributed by atoms with Crippen molar-refractivity contribution in [3.8, 4) is 0 Å². The number of para-hydroxylation sites is 2. The van der Waals surface area contributed by atoms with E-state index >= 15 is 0 Å². The number of hydrogen-bond donors (Lipinski definition) is 4. The molecule has 1 aromatic heterocycles. The number of amides is 2. The number of H-pyrrole nitrogens is 1. The van der Waals surface area contributed by atoms with E-state index in [1.54, 1.807) is 0 Å². The van der Waals surface area contributed by atoms with Gasteiger partial charge < -0.3 is 20.9 Å². The molecule has 1 unspecified atom stereocenters. The predicted octanol–water partition coefficient (Wildman–Crippen LogP) is 2.44. The molecule has 27 heavy (non-hydrogen) atoms. The molecule has 0 aliphatic heterocycles. The van der Waals surface area contributed by atoms with Gasteiger partial charge in [0.25, 0.3) is 0 Å². The molecular formula is C21H24N4O2. The van der Waals surface area contributed by atoms with Crippen LogP contribution in [0.1, 0.15) is 12.5 Å². The van der Waals surface area contributed by atoms with Gasteiger partial charge in [-0.25, -0.2) is 0 Å². The minimum Gasteiger partial charge on any atom is -0.383 e. The minimum atomic E-state index is -0.613. The lowest BCUT2D eigenvalue weighted by atomic mass is 10.0. The Bertz CT molecular complexity index is 905. The second kappa shape index (κ2) is 8.89. The molecule has 4 N–H and O–H groups in total. The van der Waals surface area contributed by atoms with E-state index in [9.17, 15) is 9.59 Å². The van der Waals surface area contributed by atoms with Crippen molar-refractivity contribution in [1.82, 2.24) is 15.6 Å². The normalized spacial score (nSPS) is 11.7. The van der Waals surface area contributed by atoms with Gasteiger partial charge in [0.15, 0.2) is 0 Å². The van der Waals surface area contributed by atoms with Gasteiger partial charge >= 0.3 is 0 Å². The fourth-order valence-electron chi connectivity index (χ4n) is 3.05. The van der Waals surface area contributed by atoms with E-state index in [-0.39, 0.29) is 11.8 Å². The maximum absolute atomic E-state index is 12.6. The highest BCUT2D eigenvalue weighted by Gasteiger charge is 2.21. The van der Waals surface area contributed by atoms with Crippen LogP contribution in [-0.2, 0) is 16.0 Å². The average Bonchev–Trinajstić information content (AvgIpc) is 3.08. The summed E-state index contributed by atoms with van der Waals surface area (Å²) in [5.41, 5.74) is 3.02. The molecule has 0 saturated heterocycles. The summed E-state index contributed by atoms with van der Waals surface area (Å²) >= 11 is 0. The molecule has 1 heterocycles. The van der Waals surface area contributed by atoms with E-state index < -0.39 is 6.04 Å². The van der Waals surface area contributed by atoms with Gasteiger partial charge in [-0.3, -0.25) is 9.59 Å².